The van der Waals surface area contributed by atoms with Crippen molar-refractivity contribution >= 4 is 27.9 Å². The van der Waals surface area contributed by atoms with Crippen LogP contribution in [0.15, 0.2) is 27.6 Å². The Morgan fingerprint density at radius 2 is 2.20 bits per heavy atom. The zero-order valence-corrected chi connectivity index (χ0v) is 7.38. The smallest absolute Gasteiger partial charge is 0.124 e. The molecule has 0 aliphatic rings. The lowest BCUT2D eigenvalue weighted by Gasteiger charge is -1.97. The number of nitrogens with two attached hydrogens (primary N) is 1. The lowest BCUT2D eigenvalue weighted by atomic mass is 10.3. The average Bonchev–Trinajstić information content (AvgIpc) is 1.88. The van der Waals surface area contributed by atoms with E-state index < -0.39 is 0 Å². The van der Waals surface area contributed by atoms with Gasteiger partial charge in [-0.25, -0.2) is 4.39 Å². The van der Waals surface area contributed by atoms with E-state index in [0.717, 1.165) is 16.8 Å². The highest BCUT2D eigenvalue weighted by atomic mass is 79.9. The first kappa shape index (κ1) is 8.04. The van der Waals surface area contributed by atoms with Gasteiger partial charge in [0, 0.05) is 9.37 Å². The quantitative estimate of drug-likeness (QED) is 0.739. The zero-order chi connectivity index (χ0) is 7.56. The molecule has 0 atom stereocenters. The third-order valence-corrected chi connectivity index (χ3v) is 2.55. The van der Waals surface area contributed by atoms with E-state index in [1.54, 1.807) is 6.07 Å². The van der Waals surface area contributed by atoms with Crippen molar-refractivity contribution in [2.24, 2.45) is 5.14 Å². The van der Waals surface area contributed by atoms with E-state index in [4.69, 9.17) is 5.14 Å². The number of benzene rings is 1. The van der Waals surface area contributed by atoms with Crippen LogP contribution >= 0.6 is 27.9 Å². The predicted molar refractivity (Wildman–Crippen MR) is 44.1 cm³/mol. The van der Waals surface area contributed by atoms with E-state index >= 15 is 0 Å². The molecule has 1 nitrogen and oxygen atoms in total. The number of rotatable bonds is 1. The minimum atomic E-state index is -0.260. The van der Waals surface area contributed by atoms with Gasteiger partial charge >= 0.3 is 0 Å². The largest absolute Gasteiger partial charge is 0.274 e. The van der Waals surface area contributed by atoms with Crippen LogP contribution in [0.25, 0.3) is 0 Å². The first-order chi connectivity index (χ1) is 4.74. The fourth-order valence-corrected chi connectivity index (χ4v) is 1.52. The van der Waals surface area contributed by atoms with Crippen LogP contribution in [0.5, 0.6) is 0 Å². The van der Waals surface area contributed by atoms with E-state index in [1.807, 2.05) is 0 Å². The van der Waals surface area contributed by atoms with E-state index in [1.165, 1.54) is 12.1 Å². The second-order valence-corrected chi connectivity index (χ2v) is 3.22. The zero-order valence-electron chi connectivity index (χ0n) is 4.97. The topological polar surface area (TPSA) is 26.0 Å². The molecule has 1 aromatic rings. The predicted octanol–water partition coefficient (Wildman–Crippen LogP) is 2.55. The van der Waals surface area contributed by atoms with Crippen molar-refractivity contribution < 1.29 is 4.39 Å². The summed E-state index contributed by atoms with van der Waals surface area (Å²) in [5.41, 5.74) is 0. The SMILES string of the molecule is NSc1ccc(F)cc1Br. The number of halogens is 2. The molecule has 10 heavy (non-hydrogen) atoms. The van der Waals surface area contributed by atoms with Gasteiger partial charge in [-0.3, -0.25) is 5.14 Å². The molecule has 0 saturated carbocycles. The monoisotopic (exact) mass is 221 g/mol. The number of hydrogen-bond acceptors (Lipinski definition) is 2. The molecule has 0 aromatic heterocycles. The van der Waals surface area contributed by atoms with Gasteiger partial charge in [0.05, 0.1) is 0 Å². The second kappa shape index (κ2) is 3.37. The molecule has 0 bridgehead atoms. The van der Waals surface area contributed by atoms with Crippen molar-refractivity contribution in [1.82, 2.24) is 0 Å². The molecule has 0 heterocycles. The van der Waals surface area contributed by atoms with Crippen LogP contribution in [-0.4, -0.2) is 0 Å². The summed E-state index contributed by atoms with van der Waals surface area (Å²) in [6.07, 6.45) is 0. The molecule has 1 aromatic carbocycles. The van der Waals surface area contributed by atoms with Gasteiger partial charge < -0.3 is 0 Å². The van der Waals surface area contributed by atoms with Crippen LogP contribution in [0, 0.1) is 5.82 Å². The highest BCUT2D eigenvalue weighted by Gasteiger charge is 1.98. The Kier molecular flexibility index (Phi) is 2.71. The Morgan fingerprint density at radius 3 is 2.70 bits per heavy atom. The highest BCUT2D eigenvalue weighted by Crippen LogP contribution is 2.24. The summed E-state index contributed by atoms with van der Waals surface area (Å²) in [4.78, 5) is 0.835. The maximum atomic E-state index is 12.4. The molecule has 1 rings (SSSR count). The molecular formula is C6H5BrFNS. The van der Waals surface area contributed by atoms with Crippen molar-refractivity contribution in [1.29, 1.82) is 0 Å². The normalized spacial score (nSPS) is 9.90. The molecule has 0 spiro atoms. The van der Waals surface area contributed by atoms with Gasteiger partial charge in [0.25, 0.3) is 0 Å². The summed E-state index contributed by atoms with van der Waals surface area (Å²) >= 11 is 4.26. The molecule has 54 valence electrons. The van der Waals surface area contributed by atoms with Gasteiger partial charge in [-0.05, 0) is 46.1 Å². The minimum absolute atomic E-state index is 0.260. The fraction of sp³-hybridized carbons (Fsp3) is 0. The van der Waals surface area contributed by atoms with E-state index in [-0.39, 0.29) is 5.82 Å². The van der Waals surface area contributed by atoms with Crippen molar-refractivity contribution in [3.8, 4) is 0 Å². The number of hydrogen-bond donors (Lipinski definition) is 1. The van der Waals surface area contributed by atoms with Gasteiger partial charge in [-0.15, -0.1) is 0 Å². The first-order valence-electron chi connectivity index (χ1n) is 2.56. The molecule has 4 heteroatoms. The van der Waals surface area contributed by atoms with Gasteiger partial charge in [-0.1, -0.05) is 0 Å². The summed E-state index contributed by atoms with van der Waals surface area (Å²) in [6, 6.07) is 4.39. The van der Waals surface area contributed by atoms with Gasteiger partial charge in [0.2, 0.25) is 0 Å². The molecule has 0 saturated heterocycles. The summed E-state index contributed by atoms with van der Waals surface area (Å²) in [7, 11) is 0. The fourth-order valence-electron chi connectivity index (χ4n) is 0.571. The van der Waals surface area contributed by atoms with Gasteiger partial charge in [0.15, 0.2) is 0 Å². The maximum Gasteiger partial charge on any atom is 0.124 e. The average molecular weight is 222 g/mol. The van der Waals surface area contributed by atoms with Crippen LogP contribution in [0.3, 0.4) is 0 Å². The first-order valence-corrected chi connectivity index (χ1v) is 4.23. The molecule has 0 radical (unpaired) electrons. The third-order valence-electron chi connectivity index (χ3n) is 1.02. The van der Waals surface area contributed by atoms with E-state index in [2.05, 4.69) is 15.9 Å². The minimum Gasteiger partial charge on any atom is -0.274 e. The van der Waals surface area contributed by atoms with Crippen LogP contribution in [0.4, 0.5) is 4.39 Å². The van der Waals surface area contributed by atoms with Crippen LogP contribution in [-0.2, 0) is 0 Å². The maximum absolute atomic E-state index is 12.4. The van der Waals surface area contributed by atoms with Crippen molar-refractivity contribution in [2.75, 3.05) is 0 Å². The van der Waals surface area contributed by atoms with E-state index in [9.17, 15) is 4.39 Å². The lowest BCUT2D eigenvalue weighted by molar-refractivity contribution is 0.625. The Morgan fingerprint density at radius 1 is 1.50 bits per heavy atom. The Balaban J connectivity index is 3.07. The molecule has 0 aliphatic carbocycles. The Hall–Kier alpha value is -0.0600. The van der Waals surface area contributed by atoms with Crippen molar-refractivity contribution in [2.45, 2.75) is 4.90 Å². The van der Waals surface area contributed by atoms with Crippen LogP contribution in [0.2, 0.25) is 0 Å². The van der Waals surface area contributed by atoms with E-state index in [0.29, 0.717) is 4.47 Å². The van der Waals surface area contributed by atoms with Gasteiger partial charge in [0.1, 0.15) is 5.82 Å². The molecular weight excluding hydrogens is 217 g/mol. The summed E-state index contributed by atoms with van der Waals surface area (Å²) in [5, 5.41) is 5.26. The standard InChI is InChI=1S/C6H5BrFNS/c7-5-3-4(8)1-2-6(5)10-9/h1-3H,9H2. The Labute approximate surface area is 71.1 Å². The molecule has 0 fully saturated rings. The van der Waals surface area contributed by atoms with Crippen molar-refractivity contribution in [3.63, 3.8) is 0 Å². The third kappa shape index (κ3) is 1.71. The summed E-state index contributed by atoms with van der Waals surface area (Å²) in [6.45, 7) is 0. The second-order valence-electron chi connectivity index (χ2n) is 1.69. The molecule has 0 amide bonds. The molecule has 0 unspecified atom stereocenters. The van der Waals surface area contributed by atoms with Crippen LogP contribution < -0.4 is 5.14 Å². The van der Waals surface area contributed by atoms with Crippen molar-refractivity contribution in [3.05, 3.63) is 28.5 Å². The molecule has 0 aliphatic heterocycles. The summed E-state index contributed by atoms with van der Waals surface area (Å²) in [5.74, 6) is -0.260. The van der Waals surface area contributed by atoms with Gasteiger partial charge in [-0.2, -0.15) is 0 Å². The highest BCUT2D eigenvalue weighted by molar-refractivity contribution is 9.10. The lowest BCUT2D eigenvalue weighted by Crippen LogP contribution is -1.82. The molecule has 2 N–H and O–H groups in total. The Bertz CT molecular complexity index is 241. The summed E-state index contributed by atoms with van der Waals surface area (Å²) < 4.78 is 13.1. The van der Waals surface area contributed by atoms with Crippen LogP contribution in [0.1, 0.15) is 0 Å².